The van der Waals surface area contributed by atoms with Crippen molar-refractivity contribution in [1.29, 1.82) is 0 Å². The van der Waals surface area contributed by atoms with Gasteiger partial charge in [0.05, 0.1) is 24.8 Å². The minimum atomic E-state index is -1.34. The number of hydrogen-bond donors (Lipinski definition) is 2. The molecule has 43 heavy (non-hydrogen) atoms. The number of carboxylic acid groups (broad SMARTS) is 1. The maximum atomic E-state index is 16.0. The molecule has 3 aliphatic heterocycles. The topological polar surface area (TPSA) is 99.2 Å². The molecule has 0 saturated carbocycles. The maximum Gasteiger partial charge on any atom is 0.339 e. The second kappa shape index (κ2) is 10.2. The van der Waals surface area contributed by atoms with Gasteiger partial charge >= 0.3 is 5.97 Å². The molecule has 1 spiro atoms. The van der Waals surface area contributed by atoms with Gasteiger partial charge in [0.2, 0.25) is 11.8 Å². The number of hydrogen-bond acceptors (Lipinski definition) is 5. The molecule has 8 nitrogen and oxygen atoms in total. The lowest BCUT2D eigenvalue weighted by Crippen LogP contribution is -2.52. The Hall–Kier alpha value is -3.66. The zero-order chi connectivity index (χ0) is 31.0. The third-order valence-electron chi connectivity index (χ3n) is 8.81. The number of halogens is 3. The number of ether oxygens (including phenoxy) is 1. The van der Waals surface area contributed by atoms with E-state index in [0.29, 0.717) is 28.4 Å². The molecule has 3 aromatic carbocycles. The highest BCUT2D eigenvalue weighted by molar-refractivity contribution is 6.31. The van der Waals surface area contributed by atoms with Crippen LogP contribution in [0.1, 0.15) is 54.6 Å². The van der Waals surface area contributed by atoms with E-state index < -0.39 is 35.2 Å². The molecule has 11 heteroatoms. The smallest absolute Gasteiger partial charge is 0.339 e. The lowest BCUT2D eigenvalue weighted by atomic mass is 9.62. The molecule has 0 aliphatic carbocycles. The lowest BCUT2D eigenvalue weighted by Gasteiger charge is -2.40. The predicted molar refractivity (Wildman–Crippen MR) is 162 cm³/mol. The van der Waals surface area contributed by atoms with Crippen LogP contribution in [0.2, 0.25) is 10.0 Å². The molecule has 0 aromatic heterocycles. The fraction of sp³-hybridized carbons (Fsp3) is 0.344. The van der Waals surface area contributed by atoms with Crippen LogP contribution in [0.3, 0.4) is 0 Å². The van der Waals surface area contributed by atoms with Crippen molar-refractivity contribution in [1.82, 2.24) is 4.90 Å². The van der Waals surface area contributed by atoms with E-state index in [0.717, 1.165) is 0 Å². The zero-order valence-corrected chi connectivity index (χ0v) is 25.5. The summed E-state index contributed by atoms with van der Waals surface area (Å²) in [5.41, 5.74) is 0.118. The van der Waals surface area contributed by atoms with Gasteiger partial charge in [-0.15, -0.1) is 0 Å². The Morgan fingerprint density at radius 1 is 1.14 bits per heavy atom. The van der Waals surface area contributed by atoms with Crippen molar-refractivity contribution in [2.24, 2.45) is 5.41 Å². The van der Waals surface area contributed by atoms with Crippen LogP contribution in [0.25, 0.3) is 0 Å². The predicted octanol–water partition coefficient (Wildman–Crippen LogP) is 6.31. The summed E-state index contributed by atoms with van der Waals surface area (Å²) in [6, 6.07) is 12.8. The summed E-state index contributed by atoms with van der Waals surface area (Å²) < 4.78 is 21.4. The van der Waals surface area contributed by atoms with E-state index in [9.17, 15) is 19.5 Å². The van der Waals surface area contributed by atoms with E-state index in [1.165, 1.54) is 30.2 Å². The number of anilines is 2. The standard InChI is InChI=1S/C32H30Cl2FN3O5/c1-31(2,3)14-24-32(20-11-8-16(33)12-22(20)36-30(32)42)25(19-6-5-7-21(34)26(19)35)27-28(39)37(15-38(24)27)17-9-10-18(29(40)41)23(13-17)43-4/h5-13,24-25,27H,14-15H2,1-4H3,(H,36,42)(H,40,41)/t24-,25-,27+,32+/m0/s1. The Labute approximate surface area is 258 Å². The number of nitrogens with one attached hydrogen (secondary N) is 1. The Balaban J connectivity index is 1.59. The number of fused-ring (bicyclic) bond motifs is 3. The number of aromatic carboxylic acids is 1. The summed E-state index contributed by atoms with van der Waals surface area (Å²) in [7, 11) is 1.36. The van der Waals surface area contributed by atoms with Crippen LogP contribution < -0.4 is 15.0 Å². The number of methoxy groups -OCH3 is 1. The average molecular weight is 627 g/mol. The van der Waals surface area contributed by atoms with Crippen LogP contribution in [0.15, 0.2) is 54.6 Å². The van der Waals surface area contributed by atoms with Gasteiger partial charge in [-0.25, -0.2) is 9.18 Å². The van der Waals surface area contributed by atoms with Crippen LogP contribution in [0.5, 0.6) is 5.75 Å². The van der Waals surface area contributed by atoms with Gasteiger partial charge in [0.1, 0.15) is 22.5 Å². The van der Waals surface area contributed by atoms with Crippen LogP contribution in [-0.2, 0) is 15.0 Å². The van der Waals surface area contributed by atoms with Crippen molar-refractivity contribution in [2.45, 2.75) is 50.6 Å². The van der Waals surface area contributed by atoms with E-state index in [-0.39, 0.29) is 45.8 Å². The van der Waals surface area contributed by atoms with E-state index in [2.05, 4.69) is 26.1 Å². The molecule has 3 aromatic rings. The summed E-state index contributed by atoms with van der Waals surface area (Å²) in [5, 5.41) is 12.9. The van der Waals surface area contributed by atoms with Gasteiger partial charge in [0.15, 0.2) is 0 Å². The molecule has 4 atom stereocenters. The molecule has 0 radical (unpaired) electrons. The summed E-state index contributed by atoms with van der Waals surface area (Å²) >= 11 is 12.6. The Bertz CT molecular complexity index is 1690. The number of nitrogens with zero attached hydrogens (tertiary/aromatic N) is 2. The summed E-state index contributed by atoms with van der Waals surface area (Å²) in [5.74, 6) is -3.36. The summed E-state index contributed by atoms with van der Waals surface area (Å²) in [4.78, 5) is 44.1. The molecule has 0 unspecified atom stereocenters. The third kappa shape index (κ3) is 4.39. The Morgan fingerprint density at radius 2 is 1.88 bits per heavy atom. The molecule has 3 heterocycles. The van der Waals surface area contributed by atoms with Crippen LogP contribution in [-0.4, -0.2) is 53.7 Å². The summed E-state index contributed by atoms with van der Waals surface area (Å²) in [6.45, 7) is 6.27. The average Bonchev–Trinajstić information content (AvgIpc) is 3.52. The fourth-order valence-electron chi connectivity index (χ4n) is 7.20. The Kier molecular flexibility index (Phi) is 6.99. The zero-order valence-electron chi connectivity index (χ0n) is 24.0. The second-order valence-corrected chi connectivity index (χ2v) is 13.3. The van der Waals surface area contributed by atoms with Crippen molar-refractivity contribution in [2.75, 3.05) is 24.0 Å². The van der Waals surface area contributed by atoms with Crippen molar-refractivity contribution in [3.63, 3.8) is 0 Å². The molecule has 224 valence electrons. The van der Waals surface area contributed by atoms with Gasteiger partial charge in [0, 0.05) is 34.4 Å². The van der Waals surface area contributed by atoms with Crippen molar-refractivity contribution in [3.05, 3.63) is 87.2 Å². The van der Waals surface area contributed by atoms with Crippen LogP contribution in [0, 0.1) is 11.2 Å². The van der Waals surface area contributed by atoms with E-state index >= 15 is 4.39 Å². The quantitative estimate of drug-likeness (QED) is 0.345. The number of benzene rings is 3. The monoisotopic (exact) mass is 625 g/mol. The van der Waals surface area contributed by atoms with E-state index in [1.54, 1.807) is 36.4 Å². The first-order valence-corrected chi connectivity index (χ1v) is 14.6. The van der Waals surface area contributed by atoms with Gasteiger partial charge in [0.25, 0.3) is 0 Å². The lowest BCUT2D eigenvalue weighted by molar-refractivity contribution is -0.122. The van der Waals surface area contributed by atoms with Gasteiger partial charge in [-0.05, 0) is 53.3 Å². The summed E-state index contributed by atoms with van der Waals surface area (Å²) in [6.07, 6.45) is 0.500. The molecule has 2 amide bonds. The maximum absolute atomic E-state index is 16.0. The van der Waals surface area contributed by atoms with E-state index in [4.69, 9.17) is 27.9 Å². The molecule has 2 N–H and O–H groups in total. The van der Waals surface area contributed by atoms with Crippen LogP contribution in [0.4, 0.5) is 15.8 Å². The highest BCUT2D eigenvalue weighted by Gasteiger charge is 2.71. The van der Waals surface area contributed by atoms with Crippen molar-refractivity contribution < 1.29 is 28.6 Å². The highest BCUT2D eigenvalue weighted by Crippen LogP contribution is 2.61. The molecule has 2 saturated heterocycles. The first-order chi connectivity index (χ1) is 20.3. The molecule has 3 aliphatic rings. The SMILES string of the molecule is COc1cc(N2CN3[C@@H](CC(C)(C)C)[C@@]4(C(=O)Nc5cc(Cl)ccc54)[C@@H](c4cccc(Cl)c4F)[C@@H]3C2=O)ccc1C(=O)O. The van der Waals surface area contributed by atoms with Crippen molar-refractivity contribution in [3.8, 4) is 5.75 Å². The number of carbonyl (C=O) groups is 3. The van der Waals surface area contributed by atoms with Gasteiger partial charge in [-0.2, -0.15) is 0 Å². The number of amides is 2. The normalized spacial score (nSPS) is 24.8. The molecule has 2 fully saturated rings. The molecular formula is C32H30Cl2FN3O5. The molecule has 6 rings (SSSR count). The van der Waals surface area contributed by atoms with Crippen LogP contribution >= 0.6 is 23.2 Å². The fourth-order valence-corrected chi connectivity index (χ4v) is 7.56. The van der Waals surface area contributed by atoms with Gasteiger partial charge < -0.3 is 15.2 Å². The van der Waals surface area contributed by atoms with Gasteiger partial charge in [-0.3, -0.25) is 19.4 Å². The van der Waals surface area contributed by atoms with E-state index in [1.807, 2.05) is 4.90 Å². The second-order valence-electron chi connectivity index (χ2n) is 12.5. The molecular weight excluding hydrogens is 596 g/mol. The first kappa shape index (κ1) is 29.4. The van der Waals surface area contributed by atoms with Crippen molar-refractivity contribution >= 4 is 52.4 Å². The third-order valence-corrected chi connectivity index (χ3v) is 9.34. The highest BCUT2D eigenvalue weighted by atomic mass is 35.5. The number of carbonyl (C=O) groups excluding carboxylic acids is 2. The first-order valence-electron chi connectivity index (χ1n) is 13.8. The largest absolute Gasteiger partial charge is 0.496 e. The molecule has 0 bridgehead atoms. The Morgan fingerprint density at radius 3 is 2.56 bits per heavy atom. The number of rotatable bonds is 5. The minimum absolute atomic E-state index is 0.0419. The van der Waals surface area contributed by atoms with Gasteiger partial charge in [-0.1, -0.05) is 62.2 Å². The number of carboxylic acids is 1. The minimum Gasteiger partial charge on any atom is -0.496 e.